The van der Waals surface area contributed by atoms with Crippen molar-refractivity contribution >= 4 is 11.9 Å². The SMILES string of the molecule is CC1CCCC1C(=O)NC(CC(=O)O)C1CC1. The number of carbonyl (C=O) groups excluding carboxylic acids is 1. The van der Waals surface area contributed by atoms with Gasteiger partial charge in [-0.25, -0.2) is 0 Å². The lowest BCUT2D eigenvalue weighted by molar-refractivity contribution is -0.138. The van der Waals surface area contributed by atoms with Gasteiger partial charge in [-0.1, -0.05) is 13.3 Å². The van der Waals surface area contributed by atoms with Gasteiger partial charge in [0, 0.05) is 12.0 Å². The molecule has 0 aliphatic heterocycles. The number of aliphatic carboxylic acids is 1. The summed E-state index contributed by atoms with van der Waals surface area (Å²) in [5.74, 6) is 0.200. The second kappa shape index (κ2) is 5.07. The van der Waals surface area contributed by atoms with Crippen molar-refractivity contribution in [1.29, 1.82) is 0 Å². The lowest BCUT2D eigenvalue weighted by atomic mass is 9.96. The molecule has 0 radical (unpaired) electrons. The van der Waals surface area contributed by atoms with E-state index in [1.165, 1.54) is 0 Å². The van der Waals surface area contributed by atoms with E-state index in [-0.39, 0.29) is 24.3 Å². The Morgan fingerprint density at radius 2 is 2.00 bits per heavy atom. The molecular weight excluding hydrogens is 218 g/mol. The van der Waals surface area contributed by atoms with Gasteiger partial charge in [-0.05, 0) is 37.5 Å². The van der Waals surface area contributed by atoms with Crippen molar-refractivity contribution in [2.24, 2.45) is 17.8 Å². The highest BCUT2D eigenvalue weighted by atomic mass is 16.4. The summed E-state index contributed by atoms with van der Waals surface area (Å²) in [4.78, 5) is 22.8. The number of hydrogen-bond acceptors (Lipinski definition) is 2. The van der Waals surface area contributed by atoms with Crippen LogP contribution in [0.25, 0.3) is 0 Å². The first kappa shape index (κ1) is 12.4. The fraction of sp³-hybridized carbons (Fsp3) is 0.846. The summed E-state index contributed by atoms with van der Waals surface area (Å²) in [5, 5.41) is 11.8. The van der Waals surface area contributed by atoms with Gasteiger partial charge in [0.15, 0.2) is 0 Å². The molecule has 3 unspecified atom stereocenters. The molecule has 2 rings (SSSR count). The van der Waals surface area contributed by atoms with Crippen LogP contribution >= 0.6 is 0 Å². The smallest absolute Gasteiger partial charge is 0.305 e. The molecule has 0 aromatic carbocycles. The highest BCUT2D eigenvalue weighted by molar-refractivity contribution is 5.80. The minimum absolute atomic E-state index is 0.0670. The lowest BCUT2D eigenvalue weighted by Gasteiger charge is -2.21. The highest BCUT2D eigenvalue weighted by Gasteiger charge is 2.36. The van der Waals surface area contributed by atoms with Crippen LogP contribution in [0.1, 0.15) is 45.4 Å². The molecule has 4 nitrogen and oxygen atoms in total. The molecule has 2 aliphatic rings. The summed E-state index contributed by atoms with van der Waals surface area (Å²) < 4.78 is 0. The number of carbonyl (C=O) groups is 2. The first-order valence-electron chi connectivity index (χ1n) is 6.60. The maximum absolute atomic E-state index is 12.1. The van der Waals surface area contributed by atoms with Crippen LogP contribution in [0, 0.1) is 17.8 Å². The normalized spacial score (nSPS) is 29.9. The molecule has 2 aliphatic carbocycles. The molecule has 17 heavy (non-hydrogen) atoms. The Labute approximate surface area is 102 Å². The van der Waals surface area contributed by atoms with Crippen LogP contribution in [0.5, 0.6) is 0 Å². The Kier molecular flexibility index (Phi) is 3.69. The van der Waals surface area contributed by atoms with Crippen LogP contribution < -0.4 is 5.32 Å². The molecule has 2 saturated carbocycles. The summed E-state index contributed by atoms with van der Waals surface area (Å²) in [6.45, 7) is 2.11. The van der Waals surface area contributed by atoms with E-state index in [2.05, 4.69) is 12.2 Å². The Morgan fingerprint density at radius 1 is 1.29 bits per heavy atom. The molecule has 0 aromatic rings. The van der Waals surface area contributed by atoms with Crippen molar-refractivity contribution in [2.45, 2.75) is 51.5 Å². The minimum atomic E-state index is -0.818. The molecule has 96 valence electrons. The van der Waals surface area contributed by atoms with Crippen LogP contribution in [-0.2, 0) is 9.59 Å². The number of hydrogen-bond donors (Lipinski definition) is 2. The average molecular weight is 239 g/mol. The number of rotatable bonds is 5. The number of amides is 1. The molecule has 0 spiro atoms. The molecule has 0 heterocycles. The molecule has 3 atom stereocenters. The molecular formula is C13H21NO3. The van der Waals surface area contributed by atoms with Gasteiger partial charge in [-0.3, -0.25) is 9.59 Å². The van der Waals surface area contributed by atoms with Crippen molar-refractivity contribution < 1.29 is 14.7 Å². The maximum atomic E-state index is 12.1. The van der Waals surface area contributed by atoms with Gasteiger partial charge in [0.05, 0.1) is 6.42 Å². The molecule has 0 bridgehead atoms. The summed E-state index contributed by atoms with van der Waals surface area (Å²) in [6, 6.07) is -0.146. The van der Waals surface area contributed by atoms with Crippen LogP contribution in [0.2, 0.25) is 0 Å². The van der Waals surface area contributed by atoms with Gasteiger partial charge in [-0.2, -0.15) is 0 Å². The van der Waals surface area contributed by atoms with Crippen LogP contribution in [0.15, 0.2) is 0 Å². The minimum Gasteiger partial charge on any atom is -0.481 e. The third-order valence-electron chi connectivity index (χ3n) is 4.11. The predicted molar refractivity (Wildman–Crippen MR) is 63.4 cm³/mol. The van der Waals surface area contributed by atoms with E-state index in [1.54, 1.807) is 0 Å². The van der Waals surface area contributed by atoms with Crippen LogP contribution in [0.4, 0.5) is 0 Å². The zero-order valence-corrected chi connectivity index (χ0v) is 10.3. The van der Waals surface area contributed by atoms with E-state index in [1.807, 2.05) is 0 Å². The summed E-state index contributed by atoms with van der Waals surface area (Å²) in [5.41, 5.74) is 0. The fourth-order valence-corrected chi connectivity index (χ4v) is 2.85. The van der Waals surface area contributed by atoms with Crippen molar-refractivity contribution in [3.8, 4) is 0 Å². The van der Waals surface area contributed by atoms with Crippen LogP contribution in [0.3, 0.4) is 0 Å². The van der Waals surface area contributed by atoms with Gasteiger partial charge >= 0.3 is 5.97 Å². The lowest BCUT2D eigenvalue weighted by Crippen LogP contribution is -2.42. The molecule has 4 heteroatoms. The van der Waals surface area contributed by atoms with E-state index in [4.69, 9.17) is 5.11 Å². The van der Waals surface area contributed by atoms with Gasteiger partial charge in [0.2, 0.25) is 5.91 Å². The zero-order chi connectivity index (χ0) is 12.4. The predicted octanol–water partition coefficient (Wildman–Crippen LogP) is 1.79. The zero-order valence-electron chi connectivity index (χ0n) is 10.3. The molecule has 2 fully saturated rings. The van der Waals surface area contributed by atoms with E-state index in [0.29, 0.717) is 11.8 Å². The first-order valence-corrected chi connectivity index (χ1v) is 6.60. The fourth-order valence-electron chi connectivity index (χ4n) is 2.85. The van der Waals surface area contributed by atoms with Crippen LogP contribution in [-0.4, -0.2) is 23.0 Å². The third-order valence-corrected chi connectivity index (χ3v) is 4.11. The summed E-state index contributed by atoms with van der Waals surface area (Å²) in [6.07, 6.45) is 5.36. The Bertz CT molecular complexity index is 312. The third kappa shape index (κ3) is 3.20. The van der Waals surface area contributed by atoms with Crippen molar-refractivity contribution in [2.75, 3.05) is 0 Å². The second-order valence-corrected chi connectivity index (χ2v) is 5.57. The topological polar surface area (TPSA) is 66.4 Å². The average Bonchev–Trinajstić information content (AvgIpc) is 3.00. The largest absolute Gasteiger partial charge is 0.481 e. The first-order chi connectivity index (χ1) is 8.08. The van der Waals surface area contributed by atoms with E-state index >= 15 is 0 Å². The van der Waals surface area contributed by atoms with E-state index in [9.17, 15) is 9.59 Å². The van der Waals surface area contributed by atoms with Crippen molar-refractivity contribution in [3.63, 3.8) is 0 Å². The quantitative estimate of drug-likeness (QED) is 0.768. The van der Waals surface area contributed by atoms with Gasteiger partial charge in [0.25, 0.3) is 0 Å². The number of nitrogens with one attached hydrogen (secondary N) is 1. The Balaban J connectivity index is 1.88. The standard InChI is InChI=1S/C13H21NO3/c1-8-3-2-4-10(8)13(17)14-11(7-12(15)16)9-5-6-9/h8-11H,2-7H2,1H3,(H,14,17)(H,15,16). The van der Waals surface area contributed by atoms with Gasteiger partial charge in [0.1, 0.15) is 0 Å². The van der Waals surface area contributed by atoms with E-state index < -0.39 is 5.97 Å². The molecule has 0 aromatic heterocycles. The summed E-state index contributed by atoms with van der Waals surface area (Å²) in [7, 11) is 0. The highest BCUT2D eigenvalue weighted by Crippen LogP contribution is 2.35. The van der Waals surface area contributed by atoms with Gasteiger partial charge in [-0.15, -0.1) is 0 Å². The van der Waals surface area contributed by atoms with Crippen molar-refractivity contribution in [1.82, 2.24) is 5.32 Å². The Hall–Kier alpha value is -1.06. The molecule has 2 N–H and O–H groups in total. The monoisotopic (exact) mass is 239 g/mol. The number of carboxylic acid groups (broad SMARTS) is 1. The summed E-state index contributed by atoms with van der Waals surface area (Å²) >= 11 is 0. The second-order valence-electron chi connectivity index (χ2n) is 5.57. The van der Waals surface area contributed by atoms with Crippen molar-refractivity contribution in [3.05, 3.63) is 0 Å². The molecule has 1 amide bonds. The maximum Gasteiger partial charge on any atom is 0.305 e. The van der Waals surface area contributed by atoms with E-state index in [0.717, 1.165) is 32.1 Å². The Morgan fingerprint density at radius 3 is 2.47 bits per heavy atom. The molecule has 0 saturated heterocycles. The number of carboxylic acids is 1. The van der Waals surface area contributed by atoms with Gasteiger partial charge < -0.3 is 10.4 Å².